The second-order valence-corrected chi connectivity index (χ2v) is 6.35. The average Bonchev–Trinajstić information content (AvgIpc) is 2.41. The fourth-order valence-electron chi connectivity index (χ4n) is 1.74. The van der Waals surface area contributed by atoms with E-state index >= 15 is 0 Å². The van der Waals surface area contributed by atoms with Crippen LogP contribution in [0.4, 0.5) is 0 Å². The standard InChI is InChI=1S/C14H16N2O3S/c1-20(17,18)13-3-2-10-16-14(13)19-12-6-4-11(5-7-12)8-9-15/h2-7,10H,8-9,15H2,1H3. The van der Waals surface area contributed by atoms with Gasteiger partial charge in [-0.15, -0.1) is 0 Å². The highest BCUT2D eigenvalue weighted by Crippen LogP contribution is 2.26. The van der Waals surface area contributed by atoms with Gasteiger partial charge < -0.3 is 10.5 Å². The minimum Gasteiger partial charge on any atom is -0.438 e. The number of rotatable bonds is 5. The second-order valence-electron chi connectivity index (χ2n) is 4.36. The zero-order valence-electron chi connectivity index (χ0n) is 11.1. The number of benzene rings is 1. The van der Waals surface area contributed by atoms with Gasteiger partial charge in [-0.3, -0.25) is 0 Å². The van der Waals surface area contributed by atoms with E-state index < -0.39 is 9.84 Å². The van der Waals surface area contributed by atoms with Crippen molar-refractivity contribution in [2.45, 2.75) is 11.3 Å². The van der Waals surface area contributed by atoms with Crippen molar-refractivity contribution in [2.24, 2.45) is 5.73 Å². The van der Waals surface area contributed by atoms with Gasteiger partial charge >= 0.3 is 0 Å². The van der Waals surface area contributed by atoms with Crippen molar-refractivity contribution < 1.29 is 13.2 Å². The number of ether oxygens (including phenoxy) is 1. The molecule has 0 saturated heterocycles. The summed E-state index contributed by atoms with van der Waals surface area (Å²) in [5.74, 6) is 0.621. The van der Waals surface area contributed by atoms with Gasteiger partial charge in [0.05, 0.1) is 0 Å². The largest absolute Gasteiger partial charge is 0.438 e. The van der Waals surface area contributed by atoms with Gasteiger partial charge in [0.2, 0.25) is 5.88 Å². The molecule has 0 bridgehead atoms. The molecule has 0 aliphatic rings. The normalized spacial score (nSPS) is 11.3. The molecule has 1 aromatic heterocycles. The molecular weight excluding hydrogens is 276 g/mol. The molecular formula is C14H16N2O3S. The summed E-state index contributed by atoms with van der Waals surface area (Å²) in [6.07, 6.45) is 3.41. The van der Waals surface area contributed by atoms with Gasteiger partial charge in [-0.1, -0.05) is 12.1 Å². The Morgan fingerprint density at radius 1 is 1.20 bits per heavy atom. The summed E-state index contributed by atoms with van der Waals surface area (Å²) < 4.78 is 28.8. The molecule has 0 unspecified atom stereocenters. The van der Waals surface area contributed by atoms with Crippen LogP contribution in [0.1, 0.15) is 5.56 Å². The Kier molecular flexibility index (Phi) is 4.36. The molecule has 0 radical (unpaired) electrons. The van der Waals surface area contributed by atoms with E-state index in [-0.39, 0.29) is 10.8 Å². The lowest BCUT2D eigenvalue weighted by Crippen LogP contribution is -2.03. The molecule has 0 saturated carbocycles. The third kappa shape index (κ3) is 3.55. The van der Waals surface area contributed by atoms with Crippen molar-refractivity contribution in [1.82, 2.24) is 4.98 Å². The smallest absolute Gasteiger partial charge is 0.238 e. The van der Waals surface area contributed by atoms with Crippen LogP contribution in [0, 0.1) is 0 Å². The van der Waals surface area contributed by atoms with E-state index in [0.717, 1.165) is 18.2 Å². The predicted octanol–water partition coefficient (Wildman–Crippen LogP) is 1.78. The Morgan fingerprint density at radius 3 is 2.50 bits per heavy atom. The van der Waals surface area contributed by atoms with E-state index in [1.54, 1.807) is 18.2 Å². The zero-order valence-corrected chi connectivity index (χ0v) is 11.9. The quantitative estimate of drug-likeness (QED) is 0.908. The second kappa shape index (κ2) is 6.02. The minimum absolute atomic E-state index is 0.0750. The monoisotopic (exact) mass is 292 g/mol. The first-order chi connectivity index (χ1) is 9.50. The van der Waals surface area contributed by atoms with E-state index in [0.29, 0.717) is 12.3 Å². The van der Waals surface area contributed by atoms with Crippen molar-refractivity contribution in [3.05, 3.63) is 48.2 Å². The Balaban J connectivity index is 2.26. The maximum atomic E-state index is 11.6. The highest BCUT2D eigenvalue weighted by molar-refractivity contribution is 7.90. The lowest BCUT2D eigenvalue weighted by Gasteiger charge is -2.09. The molecule has 0 amide bonds. The Hall–Kier alpha value is -1.92. The van der Waals surface area contributed by atoms with Crippen LogP contribution >= 0.6 is 0 Å². The fraction of sp³-hybridized carbons (Fsp3) is 0.214. The highest BCUT2D eigenvalue weighted by Gasteiger charge is 2.15. The lowest BCUT2D eigenvalue weighted by atomic mass is 10.1. The number of nitrogens with zero attached hydrogens (tertiary/aromatic N) is 1. The summed E-state index contributed by atoms with van der Waals surface area (Å²) in [4.78, 5) is 4.05. The molecule has 106 valence electrons. The van der Waals surface area contributed by atoms with Crippen LogP contribution in [-0.2, 0) is 16.3 Å². The van der Waals surface area contributed by atoms with Gasteiger partial charge in [0.25, 0.3) is 0 Å². The van der Waals surface area contributed by atoms with Crippen LogP contribution in [-0.4, -0.2) is 26.2 Å². The fourth-order valence-corrected chi connectivity index (χ4v) is 2.47. The molecule has 0 aliphatic heterocycles. The van der Waals surface area contributed by atoms with Crippen LogP contribution in [0.25, 0.3) is 0 Å². The van der Waals surface area contributed by atoms with Crippen molar-refractivity contribution >= 4 is 9.84 Å². The van der Waals surface area contributed by atoms with E-state index in [4.69, 9.17) is 10.5 Å². The van der Waals surface area contributed by atoms with Gasteiger partial charge in [0, 0.05) is 12.5 Å². The van der Waals surface area contributed by atoms with Crippen LogP contribution in [0.3, 0.4) is 0 Å². The van der Waals surface area contributed by atoms with Crippen molar-refractivity contribution in [3.8, 4) is 11.6 Å². The van der Waals surface area contributed by atoms with Crippen LogP contribution in [0.15, 0.2) is 47.5 Å². The summed E-state index contributed by atoms with van der Waals surface area (Å²) in [5.41, 5.74) is 6.58. The summed E-state index contributed by atoms with van der Waals surface area (Å²) in [6, 6.07) is 10.4. The molecule has 20 heavy (non-hydrogen) atoms. The van der Waals surface area contributed by atoms with Gasteiger partial charge in [-0.2, -0.15) is 0 Å². The maximum Gasteiger partial charge on any atom is 0.238 e. The van der Waals surface area contributed by atoms with Crippen LogP contribution < -0.4 is 10.5 Å². The molecule has 0 atom stereocenters. The predicted molar refractivity (Wildman–Crippen MR) is 76.6 cm³/mol. The number of hydrogen-bond donors (Lipinski definition) is 1. The highest BCUT2D eigenvalue weighted by atomic mass is 32.2. The van der Waals surface area contributed by atoms with Gasteiger partial charge in [-0.05, 0) is 42.8 Å². The summed E-state index contributed by atoms with van der Waals surface area (Å²) in [5, 5.41) is 0. The van der Waals surface area contributed by atoms with E-state index in [1.165, 1.54) is 12.3 Å². The number of sulfone groups is 1. The van der Waals surface area contributed by atoms with Gasteiger partial charge in [0.1, 0.15) is 10.6 Å². The summed E-state index contributed by atoms with van der Waals surface area (Å²) in [6.45, 7) is 0.582. The molecule has 1 heterocycles. The van der Waals surface area contributed by atoms with Crippen molar-refractivity contribution in [3.63, 3.8) is 0 Å². The zero-order chi connectivity index (χ0) is 14.6. The molecule has 2 rings (SSSR count). The van der Waals surface area contributed by atoms with E-state index in [2.05, 4.69) is 4.98 Å². The topological polar surface area (TPSA) is 82.3 Å². The molecule has 2 N–H and O–H groups in total. The molecule has 0 spiro atoms. The van der Waals surface area contributed by atoms with Gasteiger partial charge in [-0.25, -0.2) is 13.4 Å². The molecule has 1 aromatic carbocycles. The number of hydrogen-bond acceptors (Lipinski definition) is 5. The SMILES string of the molecule is CS(=O)(=O)c1cccnc1Oc1ccc(CCN)cc1. The third-order valence-corrected chi connectivity index (χ3v) is 3.82. The van der Waals surface area contributed by atoms with Crippen LogP contribution in [0.5, 0.6) is 11.6 Å². The molecule has 5 nitrogen and oxygen atoms in total. The van der Waals surface area contributed by atoms with Crippen molar-refractivity contribution in [1.29, 1.82) is 0 Å². The van der Waals surface area contributed by atoms with Crippen LogP contribution in [0.2, 0.25) is 0 Å². The number of pyridine rings is 1. The Labute approximate surface area is 118 Å². The first-order valence-electron chi connectivity index (χ1n) is 6.12. The number of nitrogens with two attached hydrogens (primary N) is 1. The first kappa shape index (κ1) is 14.5. The summed E-state index contributed by atoms with van der Waals surface area (Å²) in [7, 11) is -3.37. The molecule has 2 aromatic rings. The molecule has 0 aliphatic carbocycles. The first-order valence-corrected chi connectivity index (χ1v) is 8.02. The average molecular weight is 292 g/mol. The lowest BCUT2D eigenvalue weighted by molar-refractivity contribution is 0.447. The maximum absolute atomic E-state index is 11.6. The summed E-state index contributed by atoms with van der Waals surface area (Å²) >= 11 is 0. The van der Waals surface area contributed by atoms with Gasteiger partial charge in [0.15, 0.2) is 9.84 Å². The Morgan fingerprint density at radius 2 is 1.90 bits per heavy atom. The van der Waals surface area contributed by atoms with E-state index in [1.807, 2.05) is 12.1 Å². The van der Waals surface area contributed by atoms with E-state index in [9.17, 15) is 8.42 Å². The molecule has 6 heteroatoms. The number of aromatic nitrogens is 1. The Bertz CT molecular complexity index is 682. The molecule has 0 fully saturated rings. The van der Waals surface area contributed by atoms with Crippen molar-refractivity contribution in [2.75, 3.05) is 12.8 Å². The minimum atomic E-state index is -3.37. The third-order valence-electron chi connectivity index (χ3n) is 2.71.